The molecule has 0 radical (unpaired) electrons. The number of likely N-dealkylation sites (tertiary alicyclic amines) is 1. The van der Waals surface area contributed by atoms with Crippen molar-refractivity contribution < 1.29 is 9.21 Å². The Bertz CT molecular complexity index is 1250. The smallest absolute Gasteiger partial charge is 0.265 e. The van der Waals surface area contributed by atoms with Crippen LogP contribution in [0.3, 0.4) is 0 Å². The van der Waals surface area contributed by atoms with Crippen molar-refractivity contribution >= 4 is 33.9 Å². The molecule has 3 heterocycles. The number of hydrogen-bond acceptors (Lipinski definition) is 4. The minimum Gasteiger partial charge on any atom is -0.457 e. The van der Waals surface area contributed by atoms with E-state index in [0.717, 1.165) is 54.3 Å². The van der Waals surface area contributed by atoms with Gasteiger partial charge in [-0.2, -0.15) is 0 Å². The third-order valence-corrected chi connectivity index (χ3v) is 7.83. The Kier molecular flexibility index (Phi) is 6.57. The van der Waals surface area contributed by atoms with E-state index in [0.29, 0.717) is 10.8 Å². The SMILES string of the molecule is CC1CCN(C(c2ccc(C(C)C)cc2)c2oc3ccccc3c2NC(=O)c2cccs2)CC1. The number of para-hydroxylation sites is 1. The lowest BCUT2D eigenvalue weighted by molar-refractivity contribution is 0.102. The van der Waals surface area contributed by atoms with Crippen LogP contribution in [0, 0.1) is 5.92 Å². The first-order valence-corrected chi connectivity index (χ1v) is 13.1. The molecule has 2 aromatic heterocycles. The molecule has 1 aliphatic heterocycles. The molecule has 176 valence electrons. The maximum Gasteiger partial charge on any atom is 0.265 e. The lowest BCUT2D eigenvalue weighted by atomic mass is 9.92. The number of piperidine rings is 1. The van der Waals surface area contributed by atoms with Gasteiger partial charge in [-0.3, -0.25) is 9.69 Å². The molecule has 5 rings (SSSR count). The van der Waals surface area contributed by atoms with E-state index < -0.39 is 0 Å². The van der Waals surface area contributed by atoms with E-state index in [2.05, 4.69) is 55.3 Å². The van der Waals surface area contributed by atoms with Gasteiger partial charge in [0.05, 0.1) is 16.6 Å². The van der Waals surface area contributed by atoms with Crippen LogP contribution < -0.4 is 5.32 Å². The Hall–Kier alpha value is -2.89. The van der Waals surface area contributed by atoms with Gasteiger partial charge in [-0.25, -0.2) is 0 Å². The van der Waals surface area contributed by atoms with Gasteiger partial charge in [0.1, 0.15) is 11.3 Å². The number of carbonyl (C=O) groups excluding carboxylic acids is 1. The normalized spacial score (nSPS) is 16.2. The molecule has 0 saturated carbocycles. The first-order chi connectivity index (χ1) is 16.5. The van der Waals surface area contributed by atoms with E-state index in [4.69, 9.17) is 4.42 Å². The molecule has 4 aromatic rings. The minimum atomic E-state index is -0.0935. The van der Waals surface area contributed by atoms with Gasteiger partial charge in [-0.15, -0.1) is 11.3 Å². The summed E-state index contributed by atoms with van der Waals surface area (Å²) in [5.74, 6) is 1.94. The number of nitrogens with one attached hydrogen (secondary N) is 1. The van der Waals surface area contributed by atoms with Crippen molar-refractivity contribution in [1.29, 1.82) is 0 Å². The quantitative estimate of drug-likeness (QED) is 0.313. The van der Waals surface area contributed by atoms with Gasteiger partial charge in [0.2, 0.25) is 0 Å². The van der Waals surface area contributed by atoms with Crippen LogP contribution >= 0.6 is 11.3 Å². The zero-order valence-corrected chi connectivity index (χ0v) is 20.9. The molecule has 0 bridgehead atoms. The van der Waals surface area contributed by atoms with Crippen molar-refractivity contribution in [2.45, 2.75) is 45.6 Å². The van der Waals surface area contributed by atoms with Crippen LogP contribution in [0.2, 0.25) is 0 Å². The molecule has 34 heavy (non-hydrogen) atoms. The second-order valence-corrected chi connectivity index (χ2v) is 10.7. The Morgan fingerprint density at radius 1 is 1.00 bits per heavy atom. The lowest BCUT2D eigenvalue weighted by Gasteiger charge is -2.36. The van der Waals surface area contributed by atoms with Gasteiger partial charge in [0.25, 0.3) is 5.91 Å². The molecule has 0 spiro atoms. The number of nitrogens with zero attached hydrogens (tertiary/aromatic N) is 1. The van der Waals surface area contributed by atoms with Gasteiger partial charge in [-0.05, 0) is 72.5 Å². The summed E-state index contributed by atoms with van der Waals surface area (Å²) in [6.07, 6.45) is 2.33. The van der Waals surface area contributed by atoms with Crippen LogP contribution in [-0.2, 0) is 0 Å². The summed E-state index contributed by atoms with van der Waals surface area (Å²) in [6, 6.07) is 20.6. The third kappa shape index (κ3) is 4.55. The molecule has 4 nitrogen and oxygen atoms in total. The van der Waals surface area contributed by atoms with Crippen LogP contribution in [0.1, 0.15) is 72.1 Å². The summed E-state index contributed by atoms with van der Waals surface area (Å²) in [5.41, 5.74) is 4.11. The second kappa shape index (κ2) is 9.77. The summed E-state index contributed by atoms with van der Waals surface area (Å²) >= 11 is 1.45. The number of rotatable bonds is 6. The Morgan fingerprint density at radius 2 is 1.71 bits per heavy atom. The van der Waals surface area contributed by atoms with Crippen LogP contribution in [0.5, 0.6) is 0 Å². The van der Waals surface area contributed by atoms with Crippen molar-refractivity contribution in [3.8, 4) is 0 Å². The number of thiophene rings is 1. The predicted octanol–water partition coefficient (Wildman–Crippen LogP) is 7.69. The van der Waals surface area contributed by atoms with Crippen molar-refractivity contribution in [3.05, 3.63) is 87.8 Å². The van der Waals surface area contributed by atoms with Gasteiger partial charge in [-0.1, -0.05) is 63.2 Å². The Labute approximate surface area is 205 Å². The van der Waals surface area contributed by atoms with Gasteiger partial charge >= 0.3 is 0 Å². The molecule has 1 amide bonds. The van der Waals surface area contributed by atoms with Crippen LogP contribution in [0.15, 0.2) is 70.5 Å². The fraction of sp³-hybridized carbons (Fsp3) is 0.345. The summed E-state index contributed by atoms with van der Waals surface area (Å²) in [6.45, 7) is 8.78. The van der Waals surface area contributed by atoms with Gasteiger partial charge in [0, 0.05) is 5.39 Å². The van der Waals surface area contributed by atoms with E-state index in [-0.39, 0.29) is 11.9 Å². The molecular weight excluding hydrogens is 440 g/mol. The monoisotopic (exact) mass is 472 g/mol. The van der Waals surface area contributed by atoms with Crippen LogP contribution in [0.4, 0.5) is 5.69 Å². The summed E-state index contributed by atoms with van der Waals surface area (Å²) < 4.78 is 6.54. The average Bonchev–Trinajstić information content (AvgIpc) is 3.50. The zero-order valence-electron chi connectivity index (χ0n) is 20.1. The van der Waals surface area contributed by atoms with E-state index in [9.17, 15) is 4.79 Å². The fourth-order valence-electron chi connectivity index (χ4n) is 4.85. The first kappa shape index (κ1) is 22.9. The van der Waals surface area contributed by atoms with E-state index >= 15 is 0 Å². The number of benzene rings is 2. The molecule has 1 aliphatic rings. The first-order valence-electron chi connectivity index (χ1n) is 12.2. The van der Waals surface area contributed by atoms with Gasteiger partial charge in [0.15, 0.2) is 0 Å². The Morgan fingerprint density at radius 3 is 2.38 bits per heavy atom. The highest BCUT2D eigenvalue weighted by atomic mass is 32.1. The molecule has 1 atom stereocenters. The molecule has 2 aromatic carbocycles. The summed E-state index contributed by atoms with van der Waals surface area (Å²) in [4.78, 5) is 16.3. The molecule has 1 N–H and O–H groups in total. The highest BCUT2D eigenvalue weighted by Gasteiger charge is 2.32. The highest BCUT2D eigenvalue weighted by Crippen LogP contribution is 2.42. The summed E-state index contributed by atoms with van der Waals surface area (Å²) in [7, 11) is 0. The number of furan rings is 1. The van der Waals surface area contributed by atoms with Crippen LogP contribution in [-0.4, -0.2) is 23.9 Å². The van der Waals surface area contributed by atoms with E-state index in [1.54, 1.807) is 0 Å². The molecular formula is C29H32N2O2S. The van der Waals surface area contributed by atoms with Crippen LogP contribution in [0.25, 0.3) is 11.0 Å². The molecule has 1 unspecified atom stereocenters. The number of carbonyl (C=O) groups is 1. The lowest BCUT2D eigenvalue weighted by Crippen LogP contribution is -2.37. The Balaban J connectivity index is 1.62. The van der Waals surface area contributed by atoms with Gasteiger partial charge < -0.3 is 9.73 Å². The number of hydrogen-bond donors (Lipinski definition) is 1. The highest BCUT2D eigenvalue weighted by molar-refractivity contribution is 7.12. The average molecular weight is 473 g/mol. The maximum absolute atomic E-state index is 13.1. The second-order valence-electron chi connectivity index (χ2n) is 9.71. The van der Waals surface area contributed by atoms with E-state index in [1.807, 2.05) is 41.8 Å². The molecule has 5 heteroatoms. The molecule has 0 aliphatic carbocycles. The van der Waals surface area contributed by atoms with Crippen molar-refractivity contribution in [1.82, 2.24) is 4.90 Å². The largest absolute Gasteiger partial charge is 0.457 e. The zero-order chi connectivity index (χ0) is 23.7. The number of anilines is 1. The van der Waals surface area contributed by atoms with E-state index in [1.165, 1.54) is 22.5 Å². The topological polar surface area (TPSA) is 45.5 Å². The number of amides is 1. The molecule has 1 saturated heterocycles. The molecule has 1 fully saturated rings. The summed E-state index contributed by atoms with van der Waals surface area (Å²) in [5, 5.41) is 6.08. The third-order valence-electron chi connectivity index (χ3n) is 6.96. The van der Waals surface area contributed by atoms with Crippen molar-refractivity contribution in [2.75, 3.05) is 18.4 Å². The number of fused-ring (bicyclic) bond motifs is 1. The minimum absolute atomic E-state index is 0.0558. The standard InChI is InChI=1S/C29H32N2O2S/c1-19(2)21-10-12-22(13-11-21)27(31-16-14-20(3)15-17-31)28-26(23-7-4-5-8-24(23)33-28)30-29(32)25-9-6-18-34-25/h4-13,18-20,27H,14-17H2,1-3H3,(H,30,32). The van der Waals surface area contributed by atoms with Crippen molar-refractivity contribution in [2.24, 2.45) is 5.92 Å². The predicted molar refractivity (Wildman–Crippen MR) is 141 cm³/mol. The fourth-order valence-corrected chi connectivity index (χ4v) is 5.47. The van der Waals surface area contributed by atoms with Crippen molar-refractivity contribution in [3.63, 3.8) is 0 Å². The maximum atomic E-state index is 13.1.